The van der Waals surface area contributed by atoms with Crippen molar-refractivity contribution in [1.82, 2.24) is 15.0 Å². The zero-order chi connectivity index (χ0) is 14.6. The van der Waals surface area contributed by atoms with Gasteiger partial charge in [0.25, 0.3) is 5.91 Å². The van der Waals surface area contributed by atoms with E-state index in [0.717, 1.165) is 5.69 Å². The predicted molar refractivity (Wildman–Crippen MR) is 70.9 cm³/mol. The van der Waals surface area contributed by atoms with Crippen LogP contribution in [0, 0.1) is 5.82 Å². The first kappa shape index (κ1) is 12.5. The minimum atomic E-state index is -1.20. The number of aromatic nitrogens is 3. The fourth-order valence-electron chi connectivity index (χ4n) is 3.09. The van der Waals surface area contributed by atoms with Crippen LogP contribution in [-0.4, -0.2) is 27.4 Å². The molecule has 0 aliphatic carbocycles. The van der Waals surface area contributed by atoms with E-state index in [-0.39, 0.29) is 24.9 Å². The molecule has 1 aromatic heterocycles. The molecular formula is C14H13FN4O2. The molecular weight excluding hydrogens is 275 g/mol. The minimum Gasteiger partial charge on any atom is -0.352 e. The molecule has 1 aromatic carbocycles. The number of hydrogen-bond acceptors (Lipinski definition) is 4. The number of carbonyl (C=O) groups excluding carboxylic acids is 1. The van der Waals surface area contributed by atoms with E-state index in [2.05, 4.69) is 10.3 Å². The molecule has 21 heavy (non-hydrogen) atoms. The van der Waals surface area contributed by atoms with Gasteiger partial charge in [0.15, 0.2) is 5.60 Å². The second-order valence-electron chi connectivity index (χ2n) is 5.21. The van der Waals surface area contributed by atoms with Crippen molar-refractivity contribution in [1.29, 1.82) is 0 Å². The van der Waals surface area contributed by atoms with Crippen LogP contribution in [0.3, 0.4) is 0 Å². The summed E-state index contributed by atoms with van der Waals surface area (Å²) in [7, 11) is 0. The SMILES string of the molecule is CCN1C(=O)C2(Cn3nncc3CO2)c2cc(F)ccc21. The molecule has 2 aromatic rings. The van der Waals surface area contributed by atoms with Crippen LogP contribution in [0.5, 0.6) is 0 Å². The minimum absolute atomic E-state index is 0.174. The summed E-state index contributed by atoms with van der Waals surface area (Å²) in [6.07, 6.45) is 1.61. The van der Waals surface area contributed by atoms with Gasteiger partial charge in [-0.05, 0) is 25.1 Å². The molecule has 0 saturated heterocycles. The van der Waals surface area contributed by atoms with Crippen LogP contribution in [0.2, 0.25) is 0 Å². The van der Waals surface area contributed by atoms with E-state index in [1.807, 2.05) is 6.92 Å². The van der Waals surface area contributed by atoms with Gasteiger partial charge < -0.3 is 9.64 Å². The smallest absolute Gasteiger partial charge is 0.265 e. The number of hydrogen-bond donors (Lipinski definition) is 0. The first-order valence-electron chi connectivity index (χ1n) is 6.79. The summed E-state index contributed by atoms with van der Waals surface area (Å²) in [6, 6.07) is 4.36. The molecule has 0 bridgehead atoms. The van der Waals surface area contributed by atoms with Gasteiger partial charge in [-0.2, -0.15) is 0 Å². The van der Waals surface area contributed by atoms with E-state index in [1.54, 1.807) is 21.8 Å². The maximum atomic E-state index is 13.7. The van der Waals surface area contributed by atoms with E-state index in [1.165, 1.54) is 12.1 Å². The number of benzene rings is 1. The molecule has 3 heterocycles. The molecule has 0 N–H and O–H groups in total. The summed E-state index contributed by atoms with van der Waals surface area (Å²) in [6.45, 7) is 2.83. The summed E-state index contributed by atoms with van der Waals surface area (Å²) in [5.74, 6) is -0.557. The number of halogens is 1. The van der Waals surface area contributed by atoms with Gasteiger partial charge in [0.1, 0.15) is 5.82 Å². The maximum absolute atomic E-state index is 13.7. The molecule has 1 amide bonds. The Bertz CT molecular complexity index is 744. The molecule has 2 aliphatic heterocycles. The highest BCUT2D eigenvalue weighted by atomic mass is 19.1. The molecule has 1 unspecified atom stereocenters. The molecule has 7 heteroatoms. The number of anilines is 1. The lowest BCUT2D eigenvalue weighted by atomic mass is 9.93. The number of carbonyl (C=O) groups is 1. The number of ether oxygens (including phenoxy) is 1. The van der Waals surface area contributed by atoms with Crippen LogP contribution >= 0.6 is 0 Å². The van der Waals surface area contributed by atoms with E-state index in [9.17, 15) is 9.18 Å². The fraction of sp³-hybridized carbons (Fsp3) is 0.357. The second-order valence-corrected chi connectivity index (χ2v) is 5.21. The van der Waals surface area contributed by atoms with Gasteiger partial charge in [0.2, 0.25) is 0 Å². The van der Waals surface area contributed by atoms with Gasteiger partial charge in [-0.25, -0.2) is 9.07 Å². The molecule has 1 spiro atoms. The Hall–Kier alpha value is -2.28. The average molecular weight is 288 g/mol. The third-order valence-corrected chi connectivity index (χ3v) is 4.13. The van der Waals surface area contributed by atoms with Gasteiger partial charge in [0.05, 0.1) is 30.7 Å². The van der Waals surface area contributed by atoms with E-state index < -0.39 is 5.60 Å². The van der Waals surface area contributed by atoms with Crippen LogP contribution in [0.25, 0.3) is 0 Å². The molecule has 1 atom stereocenters. The highest BCUT2D eigenvalue weighted by molar-refractivity contribution is 6.07. The van der Waals surface area contributed by atoms with Crippen LogP contribution < -0.4 is 4.90 Å². The first-order chi connectivity index (χ1) is 10.2. The van der Waals surface area contributed by atoms with Crippen LogP contribution in [-0.2, 0) is 28.3 Å². The van der Waals surface area contributed by atoms with Gasteiger partial charge in [-0.1, -0.05) is 5.21 Å². The molecule has 0 saturated carbocycles. The molecule has 4 rings (SSSR count). The number of likely N-dealkylation sites (N-methyl/N-ethyl adjacent to an activating group) is 1. The van der Waals surface area contributed by atoms with Crippen molar-refractivity contribution in [2.45, 2.75) is 25.7 Å². The van der Waals surface area contributed by atoms with Crippen molar-refractivity contribution in [3.05, 3.63) is 41.5 Å². The third-order valence-electron chi connectivity index (χ3n) is 4.13. The van der Waals surface area contributed by atoms with Crippen molar-refractivity contribution < 1.29 is 13.9 Å². The lowest BCUT2D eigenvalue weighted by Gasteiger charge is -2.32. The topological polar surface area (TPSA) is 60.2 Å². The lowest BCUT2D eigenvalue weighted by Crippen LogP contribution is -2.48. The molecule has 0 fully saturated rings. The number of amides is 1. The van der Waals surface area contributed by atoms with Crippen molar-refractivity contribution in [2.75, 3.05) is 11.4 Å². The van der Waals surface area contributed by atoms with Gasteiger partial charge in [-0.15, -0.1) is 5.10 Å². The maximum Gasteiger partial charge on any atom is 0.265 e. The fourth-order valence-corrected chi connectivity index (χ4v) is 3.09. The quantitative estimate of drug-likeness (QED) is 0.791. The largest absolute Gasteiger partial charge is 0.352 e. The molecule has 0 radical (unpaired) electrons. The summed E-state index contributed by atoms with van der Waals surface area (Å²) < 4.78 is 21.2. The standard InChI is InChI=1S/C14H13FN4O2/c1-2-18-12-4-3-9(15)5-11(12)14(13(18)20)8-19-10(7-21-14)6-16-17-19/h3-6H,2,7-8H2,1H3. The Morgan fingerprint density at radius 1 is 1.48 bits per heavy atom. The Balaban J connectivity index is 1.90. The van der Waals surface area contributed by atoms with Crippen LogP contribution in [0.4, 0.5) is 10.1 Å². The highest BCUT2D eigenvalue weighted by Gasteiger charge is 2.54. The van der Waals surface area contributed by atoms with Gasteiger partial charge in [-0.3, -0.25) is 4.79 Å². The van der Waals surface area contributed by atoms with Gasteiger partial charge >= 0.3 is 0 Å². The Morgan fingerprint density at radius 2 is 2.33 bits per heavy atom. The molecule has 2 aliphatic rings. The summed E-state index contributed by atoms with van der Waals surface area (Å²) in [5, 5.41) is 7.81. The summed E-state index contributed by atoms with van der Waals surface area (Å²) >= 11 is 0. The van der Waals surface area contributed by atoms with Crippen molar-refractivity contribution in [3.63, 3.8) is 0 Å². The van der Waals surface area contributed by atoms with Gasteiger partial charge in [0, 0.05) is 12.1 Å². The molecule has 6 nitrogen and oxygen atoms in total. The zero-order valence-corrected chi connectivity index (χ0v) is 11.4. The Kier molecular flexibility index (Phi) is 2.44. The third kappa shape index (κ3) is 1.52. The lowest BCUT2D eigenvalue weighted by molar-refractivity contribution is -0.153. The highest BCUT2D eigenvalue weighted by Crippen LogP contribution is 2.45. The Labute approximate surface area is 120 Å². The molecule has 108 valence electrons. The predicted octanol–water partition coefficient (Wildman–Crippen LogP) is 1.21. The second kappa shape index (κ2) is 4.11. The van der Waals surface area contributed by atoms with Crippen molar-refractivity contribution in [2.24, 2.45) is 0 Å². The first-order valence-corrected chi connectivity index (χ1v) is 6.79. The summed E-state index contributed by atoms with van der Waals surface area (Å²) in [4.78, 5) is 14.5. The Morgan fingerprint density at radius 3 is 3.14 bits per heavy atom. The number of fused-ring (bicyclic) bond motifs is 3. The van der Waals surface area contributed by atoms with E-state index in [0.29, 0.717) is 17.8 Å². The number of rotatable bonds is 1. The van der Waals surface area contributed by atoms with Crippen LogP contribution in [0.15, 0.2) is 24.4 Å². The van der Waals surface area contributed by atoms with E-state index >= 15 is 0 Å². The normalized spacial score (nSPS) is 23.5. The monoisotopic (exact) mass is 288 g/mol. The van der Waals surface area contributed by atoms with E-state index in [4.69, 9.17) is 4.74 Å². The summed E-state index contributed by atoms with van der Waals surface area (Å²) in [5.41, 5.74) is 0.873. The zero-order valence-electron chi connectivity index (χ0n) is 11.4. The van der Waals surface area contributed by atoms with Crippen molar-refractivity contribution >= 4 is 11.6 Å². The number of nitrogens with zero attached hydrogens (tertiary/aromatic N) is 4. The average Bonchev–Trinajstić information content (AvgIpc) is 3.03. The van der Waals surface area contributed by atoms with Crippen molar-refractivity contribution in [3.8, 4) is 0 Å². The van der Waals surface area contributed by atoms with Crippen LogP contribution in [0.1, 0.15) is 18.2 Å².